The Bertz CT molecular complexity index is 575. The predicted octanol–water partition coefficient (Wildman–Crippen LogP) is 1.54. The fourth-order valence-electron chi connectivity index (χ4n) is 1.40. The first-order valence-electron chi connectivity index (χ1n) is 6.18. The van der Waals surface area contributed by atoms with E-state index in [1.54, 1.807) is 0 Å². The van der Waals surface area contributed by atoms with Crippen LogP contribution in [0, 0.1) is 0 Å². The number of hydrogen-bond acceptors (Lipinski definition) is 5. The Balaban J connectivity index is 2.62. The zero-order valence-corrected chi connectivity index (χ0v) is 13.1. The molecule has 0 saturated carbocycles. The lowest BCUT2D eigenvalue weighted by atomic mass is 10.4. The molecule has 0 aromatic heterocycles. The van der Waals surface area contributed by atoms with Crippen molar-refractivity contribution in [2.24, 2.45) is 0 Å². The minimum Gasteiger partial charge on any atom is -0.465 e. The zero-order chi connectivity index (χ0) is 15.2. The minimum absolute atomic E-state index is 0.156. The Morgan fingerprint density at radius 3 is 2.35 bits per heavy atom. The normalized spacial score (nSPS) is 12.9. The van der Waals surface area contributed by atoms with Crippen LogP contribution in [0.15, 0.2) is 34.1 Å². The van der Waals surface area contributed by atoms with Crippen molar-refractivity contribution in [1.29, 1.82) is 0 Å². The highest BCUT2D eigenvalue weighted by Gasteiger charge is 2.13. The summed E-state index contributed by atoms with van der Waals surface area (Å²) in [6.07, 6.45) is 2.80. The van der Waals surface area contributed by atoms with E-state index in [1.165, 1.54) is 24.3 Å². The number of carbonyl (C=O) groups excluding carboxylic acids is 1. The number of sulfone groups is 1. The summed E-state index contributed by atoms with van der Waals surface area (Å²) in [5.41, 5.74) is 0. The number of esters is 1. The van der Waals surface area contributed by atoms with Gasteiger partial charge in [-0.1, -0.05) is 13.3 Å². The third-order valence-corrected chi connectivity index (χ3v) is 4.95. The van der Waals surface area contributed by atoms with Gasteiger partial charge in [0.05, 0.1) is 22.3 Å². The van der Waals surface area contributed by atoms with Gasteiger partial charge < -0.3 is 4.74 Å². The molecule has 1 rings (SSSR count). The van der Waals surface area contributed by atoms with Crippen molar-refractivity contribution in [2.45, 2.75) is 29.6 Å². The average Bonchev–Trinajstić information content (AvgIpc) is 2.38. The lowest BCUT2D eigenvalue weighted by molar-refractivity contribution is -0.140. The van der Waals surface area contributed by atoms with Crippen molar-refractivity contribution in [2.75, 3.05) is 18.6 Å². The van der Waals surface area contributed by atoms with Crippen LogP contribution in [-0.2, 0) is 30.2 Å². The molecule has 0 amide bonds. The third kappa shape index (κ3) is 5.42. The molecule has 1 aromatic rings. The fraction of sp³-hybridized carbons (Fsp3) is 0.462. The van der Waals surface area contributed by atoms with Gasteiger partial charge in [-0.3, -0.25) is 9.00 Å². The maximum Gasteiger partial charge on any atom is 0.318 e. The first kappa shape index (κ1) is 16.8. The summed E-state index contributed by atoms with van der Waals surface area (Å²) in [6.45, 7) is 2.31. The van der Waals surface area contributed by atoms with Gasteiger partial charge in [-0.25, -0.2) is 8.42 Å². The molecule has 0 radical (unpaired) electrons. The SMILES string of the molecule is CCCCOC(=O)CS(=O)c1ccc(S(C)(=O)=O)cc1. The summed E-state index contributed by atoms with van der Waals surface area (Å²) in [5.74, 6) is -0.731. The highest BCUT2D eigenvalue weighted by atomic mass is 32.2. The standard InChI is InChI=1S/C13H18O5S2/c1-3-4-9-18-13(14)10-19(15)11-5-7-12(8-6-11)20(2,16)17/h5-8H,3-4,9-10H2,1-2H3. The zero-order valence-electron chi connectivity index (χ0n) is 11.5. The second-order valence-corrected chi connectivity index (χ2v) is 7.77. The van der Waals surface area contributed by atoms with E-state index in [1.807, 2.05) is 6.92 Å². The molecule has 1 unspecified atom stereocenters. The monoisotopic (exact) mass is 318 g/mol. The van der Waals surface area contributed by atoms with Crippen LogP contribution in [0.25, 0.3) is 0 Å². The Kier molecular flexibility index (Phi) is 6.35. The molecule has 0 fully saturated rings. The molecule has 0 bridgehead atoms. The largest absolute Gasteiger partial charge is 0.465 e. The van der Waals surface area contributed by atoms with Crippen LogP contribution in [0.3, 0.4) is 0 Å². The van der Waals surface area contributed by atoms with Crippen LogP contribution in [0.1, 0.15) is 19.8 Å². The Labute approximate surface area is 121 Å². The fourth-order valence-corrected chi connectivity index (χ4v) is 2.94. The van der Waals surface area contributed by atoms with Gasteiger partial charge in [-0.15, -0.1) is 0 Å². The van der Waals surface area contributed by atoms with Crippen molar-refractivity contribution >= 4 is 26.6 Å². The summed E-state index contributed by atoms with van der Waals surface area (Å²) >= 11 is 0. The Morgan fingerprint density at radius 2 is 1.85 bits per heavy atom. The summed E-state index contributed by atoms with van der Waals surface area (Å²) in [4.78, 5) is 12.0. The summed E-state index contributed by atoms with van der Waals surface area (Å²) in [6, 6.07) is 5.66. The van der Waals surface area contributed by atoms with E-state index in [0.29, 0.717) is 11.5 Å². The van der Waals surface area contributed by atoms with E-state index in [9.17, 15) is 17.4 Å². The topological polar surface area (TPSA) is 77.5 Å². The summed E-state index contributed by atoms with van der Waals surface area (Å²) < 4.78 is 39.4. The summed E-state index contributed by atoms with van der Waals surface area (Å²) in [7, 11) is -4.80. The smallest absolute Gasteiger partial charge is 0.318 e. The first-order chi connectivity index (χ1) is 9.34. The maximum absolute atomic E-state index is 11.9. The molecule has 112 valence electrons. The first-order valence-corrected chi connectivity index (χ1v) is 9.39. The van der Waals surface area contributed by atoms with Crippen molar-refractivity contribution in [3.05, 3.63) is 24.3 Å². The van der Waals surface area contributed by atoms with E-state index in [-0.39, 0.29) is 10.6 Å². The molecule has 1 atom stereocenters. The quantitative estimate of drug-likeness (QED) is 0.563. The molecule has 0 aliphatic carbocycles. The lowest BCUT2D eigenvalue weighted by Crippen LogP contribution is -2.15. The van der Waals surface area contributed by atoms with Crippen LogP contribution in [0.4, 0.5) is 0 Å². The van der Waals surface area contributed by atoms with Gasteiger partial charge in [-0.2, -0.15) is 0 Å². The molecule has 0 N–H and O–H groups in total. The molecule has 5 nitrogen and oxygen atoms in total. The third-order valence-electron chi connectivity index (χ3n) is 2.52. The number of ether oxygens (including phenoxy) is 1. The van der Waals surface area contributed by atoms with Crippen molar-refractivity contribution in [1.82, 2.24) is 0 Å². The van der Waals surface area contributed by atoms with E-state index in [4.69, 9.17) is 4.74 Å². The molecular formula is C13H18O5S2. The predicted molar refractivity (Wildman–Crippen MR) is 76.7 cm³/mol. The average molecular weight is 318 g/mol. The number of benzene rings is 1. The number of unbranched alkanes of at least 4 members (excludes halogenated alkanes) is 1. The van der Waals surface area contributed by atoms with Gasteiger partial charge in [0, 0.05) is 11.2 Å². The Hall–Kier alpha value is -1.21. The molecule has 7 heteroatoms. The van der Waals surface area contributed by atoms with Crippen molar-refractivity contribution in [3.8, 4) is 0 Å². The molecule has 0 saturated heterocycles. The minimum atomic E-state index is -3.27. The van der Waals surface area contributed by atoms with Crippen LogP contribution >= 0.6 is 0 Å². The lowest BCUT2D eigenvalue weighted by Gasteiger charge is -2.05. The van der Waals surface area contributed by atoms with Gasteiger partial charge in [0.25, 0.3) is 0 Å². The molecule has 0 spiro atoms. The molecule has 0 aliphatic heterocycles. The van der Waals surface area contributed by atoms with E-state index in [0.717, 1.165) is 19.1 Å². The van der Waals surface area contributed by atoms with Crippen molar-refractivity contribution < 1.29 is 22.2 Å². The van der Waals surface area contributed by atoms with Gasteiger partial charge in [0.1, 0.15) is 5.75 Å². The van der Waals surface area contributed by atoms with E-state index >= 15 is 0 Å². The van der Waals surface area contributed by atoms with E-state index < -0.39 is 26.6 Å². The summed E-state index contributed by atoms with van der Waals surface area (Å²) in [5, 5.41) is 0. The number of rotatable bonds is 7. The van der Waals surface area contributed by atoms with Crippen molar-refractivity contribution in [3.63, 3.8) is 0 Å². The van der Waals surface area contributed by atoms with Gasteiger partial charge in [-0.05, 0) is 30.7 Å². The number of carbonyl (C=O) groups is 1. The van der Waals surface area contributed by atoms with E-state index in [2.05, 4.69) is 0 Å². The molecular weight excluding hydrogens is 300 g/mol. The van der Waals surface area contributed by atoms with Gasteiger partial charge in [0.15, 0.2) is 9.84 Å². The highest BCUT2D eigenvalue weighted by Crippen LogP contribution is 2.13. The maximum atomic E-state index is 11.9. The van der Waals surface area contributed by atoms with Gasteiger partial charge >= 0.3 is 5.97 Å². The molecule has 20 heavy (non-hydrogen) atoms. The molecule has 0 heterocycles. The van der Waals surface area contributed by atoms with Crippen LogP contribution in [0.5, 0.6) is 0 Å². The molecule has 0 aliphatic rings. The van der Waals surface area contributed by atoms with Crippen LogP contribution in [-0.4, -0.2) is 37.2 Å². The van der Waals surface area contributed by atoms with Gasteiger partial charge in [0.2, 0.25) is 0 Å². The van der Waals surface area contributed by atoms with Crippen LogP contribution < -0.4 is 0 Å². The molecule has 1 aromatic carbocycles. The second kappa shape index (κ2) is 7.54. The second-order valence-electron chi connectivity index (χ2n) is 4.31. The highest BCUT2D eigenvalue weighted by molar-refractivity contribution is 7.90. The van der Waals surface area contributed by atoms with Crippen LogP contribution in [0.2, 0.25) is 0 Å². The Morgan fingerprint density at radius 1 is 1.25 bits per heavy atom. The number of hydrogen-bond donors (Lipinski definition) is 0.